The lowest BCUT2D eigenvalue weighted by atomic mass is 10.0. The van der Waals surface area contributed by atoms with Crippen molar-refractivity contribution in [2.45, 2.75) is 52.1 Å². The summed E-state index contributed by atoms with van der Waals surface area (Å²) < 4.78 is 14.6. The number of hydrogen-bond acceptors (Lipinski definition) is 10. The van der Waals surface area contributed by atoms with Crippen LogP contribution < -0.4 is 16.0 Å². The van der Waals surface area contributed by atoms with Crippen LogP contribution in [0.3, 0.4) is 0 Å². The molecule has 0 saturated carbocycles. The molecular formula is C27H40ClN5O8. The summed E-state index contributed by atoms with van der Waals surface area (Å²) in [4.78, 5) is 64.1. The summed E-state index contributed by atoms with van der Waals surface area (Å²) in [5.74, 6) is -2.10. The van der Waals surface area contributed by atoms with Gasteiger partial charge in [0.25, 0.3) is 5.91 Å². The van der Waals surface area contributed by atoms with E-state index in [1.807, 2.05) is 13.8 Å². The van der Waals surface area contributed by atoms with Crippen LogP contribution in [0.5, 0.6) is 0 Å². The highest BCUT2D eigenvalue weighted by atomic mass is 35.5. The van der Waals surface area contributed by atoms with Crippen molar-refractivity contribution in [3.05, 3.63) is 35.4 Å². The minimum absolute atomic E-state index is 0. The lowest BCUT2D eigenvalue weighted by Crippen LogP contribution is -2.54. The third-order valence-electron chi connectivity index (χ3n) is 6.06. The number of alkyl carbamates (subject to hydrolysis) is 1. The van der Waals surface area contributed by atoms with E-state index in [0.717, 1.165) is 0 Å². The predicted molar refractivity (Wildman–Crippen MR) is 152 cm³/mol. The van der Waals surface area contributed by atoms with E-state index >= 15 is 0 Å². The first-order chi connectivity index (χ1) is 19.1. The molecular weight excluding hydrogens is 558 g/mol. The van der Waals surface area contributed by atoms with Crippen molar-refractivity contribution in [2.24, 2.45) is 5.92 Å². The topological polar surface area (TPSA) is 176 Å². The standard InChI is InChI=1S/C27H39N5O8.ClH/c1-5-39-22(33)16-29-20(15-17(2)3)26(36)32-12-6-7-21(32)25(35)31-24(34)19-10-8-18(9-11-19)23(28)30-27(37)40-14-13-38-4;/h8-11,17,20-21,29H,5-7,12-16H2,1-4H3,(H2,28,30,37)(H,31,34,35);1H/t20-,21+;/m1./s1. The molecule has 228 valence electrons. The molecule has 4 N–H and O–H groups in total. The van der Waals surface area contributed by atoms with Crippen molar-refractivity contribution in [1.29, 1.82) is 5.41 Å². The molecule has 2 atom stereocenters. The van der Waals surface area contributed by atoms with Gasteiger partial charge in [0.15, 0.2) is 0 Å². The molecule has 1 aliphatic rings. The smallest absolute Gasteiger partial charge is 0.412 e. The predicted octanol–water partition coefficient (Wildman–Crippen LogP) is 1.62. The Labute approximate surface area is 245 Å². The van der Waals surface area contributed by atoms with Crippen molar-refractivity contribution in [1.82, 2.24) is 20.9 Å². The van der Waals surface area contributed by atoms with E-state index in [1.165, 1.54) is 36.3 Å². The Bertz CT molecular complexity index is 1070. The molecule has 41 heavy (non-hydrogen) atoms. The number of nitrogens with zero attached hydrogens (tertiary/aromatic N) is 1. The highest BCUT2D eigenvalue weighted by molar-refractivity contribution is 6.08. The molecule has 0 unspecified atom stereocenters. The van der Waals surface area contributed by atoms with E-state index in [4.69, 9.17) is 19.6 Å². The number of methoxy groups -OCH3 is 1. The van der Waals surface area contributed by atoms with Crippen LogP contribution in [0, 0.1) is 11.3 Å². The van der Waals surface area contributed by atoms with Crippen LogP contribution in [0.1, 0.15) is 56.0 Å². The third-order valence-corrected chi connectivity index (χ3v) is 6.06. The Morgan fingerprint density at radius 2 is 1.68 bits per heavy atom. The van der Waals surface area contributed by atoms with Gasteiger partial charge < -0.3 is 19.1 Å². The lowest BCUT2D eigenvalue weighted by Gasteiger charge is -2.29. The fraction of sp³-hybridized carbons (Fsp3) is 0.556. The van der Waals surface area contributed by atoms with Crippen LogP contribution in [0.2, 0.25) is 0 Å². The normalized spacial score (nSPS) is 15.0. The first kappa shape index (κ1) is 35.5. The molecule has 0 bridgehead atoms. The Kier molecular flexibility index (Phi) is 15.6. The molecule has 1 heterocycles. The van der Waals surface area contributed by atoms with Gasteiger partial charge in [0.1, 0.15) is 18.5 Å². The molecule has 0 radical (unpaired) electrons. The summed E-state index contributed by atoms with van der Waals surface area (Å²) in [5, 5.41) is 15.6. The Morgan fingerprint density at radius 1 is 1.02 bits per heavy atom. The average Bonchev–Trinajstić information content (AvgIpc) is 3.41. The van der Waals surface area contributed by atoms with Crippen molar-refractivity contribution in [3.63, 3.8) is 0 Å². The lowest BCUT2D eigenvalue weighted by molar-refractivity contribution is -0.143. The number of hydrogen-bond donors (Lipinski definition) is 4. The van der Waals surface area contributed by atoms with Gasteiger partial charge >= 0.3 is 12.1 Å². The summed E-state index contributed by atoms with van der Waals surface area (Å²) in [6.07, 6.45) is 0.654. The van der Waals surface area contributed by atoms with Crippen molar-refractivity contribution in [3.8, 4) is 0 Å². The maximum Gasteiger partial charge on any atom is 0.412 e. The molecule has 14 heteroatoms. The van der Waals surface area contributed by atoms with E-state index in [-0.39, 0.29) is 62.0 Å². The molecule has 0 spiro atoms. The van der Waals surface area contributed by atoms with Crippen LogP contribution in [0.4, 0.5) is 4.79 Å². The van der Waals surface area contributed by atoms with Gasteiger partial charge in [-0.2, -0.15) is 0 Å². The molecule has 1 aromatic rings. The van der Waals surface area contributed by atoms with Crippen LogP contribution in [-0.2, 0) is 28.6 Å². The minimum Gasteiger partial charge on any atom is -0.465 e. The number of esters is 1. The SMILES string of the molecule is CCOC(=O)CN[C@H](CC(C)C)C(=O)N1CCC[C@H]1C(=O)NC(=O)c1ccc(C(=N)NC(=O)OCCOC)cc1.Cl. The first-order valence-corrected chi connectivity index (χ1v) is 13.2. The molecule has 1 aliphatic heterocycles. The molecule has 4 amide bonds. The number of carbonyl (C=O) groups excluding carboxylic acids is 5. The molecule has 2 rings (SSSR count). The molecule has 1 saturated heterocycles. The van der Waals surface area contributed by atoms with Gasteiger partial charge in [-0.1, -0.05) is 26.0 Å². The van der Waals surface area contributed by atoms with Gasteiger partial charge in [-0.25, -0.2) is 4.79 Å². The number of benzene rings is 1. The fourth-order valence-corrected chi connectivity index (χ4v) is 4.15. The Morgan fingerprint density at radius 3 is 2.29 bits per heavy atom. The van der Waals surface area contributed by atoms with Crippen molar-refractivity contribution in [2.75, 3.05) is 40.0 Å². The summed E-state index contributed by atoms with van der Waals surface area (Å²) in [6, 6.07) is 4.24. The number of imide groups is 1. The second kappa shape index (κ2) is 18.0. The van der Waals surface area contributed by atoms with Crippen LogP contribution >= 0.6 is 12.4 Å². The second-order valence-electron chi connectivity index (χ2n) is 9.58. The monoisotopic (exact) mass is 597 g/mol. The zero-order valence-electron chi connectivity index (χ0n) is 23.8. The number of nitrogens with one attached hydrogen (secondary N) is 4. The van der Waals surface area contributed by atoms with Gasteiger partial charge in [0.2, 0.25) is 11.8 Å². The van der Waals surface area contributed by atoms with Gasteiger partial charge in [0.05, 0.1) is 25.8 Å². The summed E-state index contributed by atoms with van der Waals surface area (Å²) in [7, 11) is 1.47. The number of amidine groups is 1. The second-order valence-corrected chi connectivity index (χ2v) is 9.58. The van der Waals surface area contributed by atoms with Crippen LogP contribution in [-0.4, -0.2) is 92.6 Å². The molecule has 1 aromatic carbocycles. The minimum atomic E-state index is -0.823. The highest BCUT2D eigenvalue weighted by Crippen LogP contribution is 2.21. The maximum atomic E-state index is 13.4. The summed E-state index contributed by atoms with van der Waals surface area (Å²) in [5.41, 5.74) is 0.489. The molecule has 1 fully saturated rings. The van der Waals surface area contributed by atoms with Crippen LogP contribution in [0.15, 0.2) is 24.3 Å². The zero-order chi connectivity index (χ0) is 29.7. The van der Waals surface area contributed by atoms with Crippen molar-refractivity contribution < 1.29 is 38.2 Å². The van der Waals surface area contributed by atoms with Gasteiger partial charge in [-0.15, -0.1) is 12.4 Å². The number of halogens is 1. The Balaban J connectivity index is 0.00000840. The van der Waals surface area contributed by atoms with Crippen molar-refractivity contribution >= 4 is 48.0 Å². The summed E-state index contributed by atoms with van der Waals surface area (Å²) >= 11 is 0. The molecule has 0 aliphatic carbocycles. The fourth-order valence-electron chi connectivity index (χ4n) is 4.15. The number of likely N-dealkylation sites (tertiary alicyclic amines) is 1. The van der Waals surface area contributed by atoms with E-state index in [9.17, 15) is 24.0 Å². The molecule has 13 nitrogen and oxygen atoms in total. The average molecular weight is 598 g/mol. The zero-order valence-corrected chi connectivity index (χ0v) is 24.6. The number of amides is 4. The van der Waals surface area contributed by atoms with E-state index < -0.39 is 36.0 Å². The van der Waals surface area contributed by atoms with E-state index in [1.54, 1.807) is 6.92 Å². The molecule has 0 aromatic heterocycles. The third kappa shape index (κ3) is 11.5. The van der Waals surface area contributed by atoms with E-state index in [0.29, 0.717) is 31.4 Å². The van der Waals surface area contributed by atoms with Gasteiger partial charge in [-0.3, -0.25) is 40.5 Å². The van der Waals surface area contributed by atoms with Crippen LogP contribution in [0.25, 0.3) is 0 Å². The summed E-state index contributed by atoms with van der Waals surface area (Å²) in [6.45, 7) is 6.34. The maximum absolute atomic E-state index is 13.4. The highest BCUT2D eigenvalue weighted by Gasteiger charge is 2.38. The number of ether oxygens (including phenoxy) is 3. The van der Waals surface area contributed by atoms with Gasteiger partial charge in [0, 0.05) is 24.8 Å². The van der Waals surface area contributed by atoms with Gasteiger partial charge in [-0.05, 0) is 44.2 Å². The van der Waals surface area contributed by atoms with E-state index in [2.05, 4.69) is 16.0 Å². The Hall–Kier alpha value is -3.55. The number of carbonyl (C=O) groups is 5. The first-order valence-electron chi connectivity index (χ1n) is 13.2. The number of rotatable bonds is 13. The quantitative estimate of drug-likeness (QED) is 0.0865. The largest absolute Gasteiger partial charge is 0.465 e.